The van der Waals surface area contributed by atoms with E-state index in [1.165, 1.54) is 30.0 Å². The van der Waals surface area contributed by atoms with Crippen LogP contribution in [-0.2, 0) is 9.59 Å². The van der Waals surface area contributed by atoms with Crippen molar-refractivity contribution in [2.75, 3.05) is 20.7 Å². The summed E-state index contributed by atoms with van der Waals surface area (Å²) in [6.45, 7) is -0.0452. The summed E-state index contributed by atoms with van der Waals surface area (Å²) in [5, 5.41) is 8.80. The quantitative estimate of drug-likeness (QED) is 0.243. The van der Waals surface area contributed by atoms with Crippen LogP contribution in [0, 0.1) is 18.5 Å². The zero-order valence-electron chi connectivity index (χ0n) is 12.7. The average molecular weight is 567 g/mol. The lowest BCUT2D eigenvalue weighted by molar-refractivity contribution is -0.132. The number of carbonyl (C=O) groups excluding carboxylic acids is 2. The van der Waals surface area contributed by atoms with Crippen LogP contribution in [0.1, 0.15) is 5.56 Å². The molecule has 0 atom stereocenters. The number of ether oxygens (including phenoxy) is 1. The molecule has 1 fully saturated rings. The van der Waals surface area contributed by atoms with Gasteiger partial charge in [0.15, 0.2) is 11.7 Å². The van der Waals surface area contributed by atoms with Crippen molar-refractivity contribution < 1.29 is 14.3 Å². The molecule has 0 saturated carbocycles. The monoisotopic (exact) mass is 567 g/mol. The SMILES string of the molecule is CN1C(=O)C(=Cc2cc(I)c(OCC#N)c(I)c2)C(=O)N(C)C1=S. The summed E-state index contributed by atoms with van der Waals surface area (Å²) < 4.78 is 6.96. The molecule has 1 aromatic carbocycles. The lowest BCUT2D eigenvalue weighted by atomic mass is 10.1. The lowest BCUT2D eigenvalue weighted by Crippen LogP contribution is -2.52. The Labute approximate surface area is 171 Å². The molecule has 1 aliphatic heterocycles. The Bertz CT molecular complexity index is 768. The third kappa shape index (κ3) is 3.70. The van der Waals surface area contributed by atoms with E-state index in [1.807, 2.05) is 6.07 Å². The third-order valence-electron chi connectivity index (χ3n) is 3.26. The molecule has 1 aromatic rings. The van der Waals surface area contributed by atoms with Gasteiger partial charge in [-0.05, 0) is 81.2 Å². The number of amides is 2. The van der Waals surface area contributed by atoms with Crippen LogP contribution >= 0.6 is 57.4 Å². The van der Waals surface area contributed by atoms with E-state index in [1.54, 1.807) is 12.1 Å². The van der Waals surface area contributed by atoms with Crippen LogP contribution in [-0.4, -0.2) is 47.4 Å². The molecular weight excluding hydrogens is 556 g/mol. The number of hydrogen-bond acceptors (Lipinski definition) is 5. The van der Waals surface area contributed by atoms with Gasteiger partial charge in [0.05, 0.1) is 7.14 Å². The zero-order valence-corrected chi connectivity index (χ0v) is 17.8. The molecule has 2 amide bonds. The summed E-state index contributed by atoms with van der Waals surface area (Å²) >= 11 is 9.23. The summed E-state index contributed by atoms with van der Waals surface area (Å²) in [6.07, 6.45) is 1.54. The van der Waals surface area contributed by atoms with Gasteiger partial charge in [0.25, 0.3) is 11.8 Å². The van der Waals surface area contributed by atoms with Gasteiger partial charge in [-0.25, -0.2) is 0 Å². The van der Waals surface area contributed by atoms with Crippen molar-refractivity contribution in [1.82, 2.24) is 9.80 Å². The van der Waals surface area contributed by atoms with Gasteiger partial charge in [0, 0.05) is 14.1 Å². The van der Waals surface area contributed by atoms with E-state index < -0.39 is 11.8 Å². The number of nitriles is 1. The molecule has 1 heterocycles. The summed E-state index contributed by atoms with van der Waals surface area (Å²) in [5.41, 5.74) is 0.741. The van der Waals surface area contributed by atoms with Gasteiger partial charge in [-0.15, -0.1) is 0 Å². The molecular formula is C15H11I2N3O3S. The predicted octanol–water partition coefficient (Wildman–Crippen LogP) is 2.40. The van der Waals surface area contributed by atoms with Crippen LogP contribution in [0.25, 0.3) is 6.08 Å². The minimum Gasteiger partial charge on any atom is -0.477 e. The first-order chi connectivity index (χ1) is 11.3. The van der Waals surface area contributed by atoms with Gasteiger partial charge >= 0.3 is 0 Å². The highest BCUT2D eigenvalue weighted by Gasteiger charge is 2.35. The zero-order chi connectivity index (χ0) is 18.0. The van der Waals surface area contributed by atoms with E-state index in [2.05, 4.69) is 45.2 Å². The Balaban J connectivity index is 2.44. The van der Waals surface area contributed by atoms with Crippen molar-refractivity contribution in [2.45, 2.75) is 0 Å². The molecule has 9 heteroatoms. The standard InChI is InChI=1S/C15H11I2N3O3S/c1-19-13(21)9(14(22)20(2)15(19)24)5-8-6-10(16)12(11(17)7-8)23-4-3-18/h5-7H,4H2,1-2H3. The first kappa shape index (κ1) is 19.1. The highest BCUT2D eigenvalue weighted by Crippen LogP contribution is 2.30. The number of benzene rings is 1. The van der Waals surface area contributed by atoms with Gasteiger partial charge in [-0.3, -0.25) is 19.4 Å². The maximum absolute atomic E-state index is 12.3. The number of rotatable bonds is 3. The second-order valence-electron chi connectivity index (χ2n) is 4.83. The lowest BCUT2D eigenvalue weighted by Gasteiger charge is -2.31. The van der Waals surface area contributed by atoms with E-state index in [0.29, 0.717) is 11.3 Å². The van der Waals surface area contributed by atoms with E-state index in [4.69, 9.17) is 22.2 Å². The van der Waals surface area contributed by atoms with Crippen LogP contribution < -0.4 is 4.74 Å². The third-order valence-corrected chi connectivity index (χ3v) is 5.41. The van der Waals surface area contributed by atoms with Gasteiger partial charge in [0.2, 0.25) is 0 Å². The highest BCUT2D eigenvalue weighted by atomic mass is 127. The fourth-order valence-electron chi connectivity index (χ4n) is 2.05. The van der Waals surface area contributed by atoms with Crippen LogP contribution in [0.4, 0.5) is 0 Å². The van der Waals surface area contributed by atoms with E-state index in [-0.39, 0.29) is 17.3 Å². The number of thiocarbonyl (C=S) groups is 1. The Morgan fingerprint density at radius 3 is 2.17 bits per heavy atom. The van der Waals surface area contributed by atoms with Crippen molar-refractivity contribution in [1.29, 1.82) is 5.26 Å². The second kappa shape index (κ2) is 7.75. The largest absolute Gasteiger partial charge is 0.477 e. The molecule has 1 saturated heterocycles. The molecule has 0 bridgehead atoms. The molecule has 2 rings (SSSR count). The first-order valence-corrected chi connectivity index (χ1v) is 9.15. The molecule has 0 radical (unpaired) electrons. The Morgan fingerprint density at radius 2 is 1.71 bits per heavy atom. The summed E-state index contributed by atoms with van der Waals surface area (Å²) in [5.74, 6) is -0.257. The van der Waals surface area contributed by atoms with Gasteiger partial charge in [-0.1, -0.05) is 0 Å². The predicted molar refractivity (Wildman–Crippen MR) is 109 cm³/mol. The molecule has 6 nitrogen and oxygen atoms in total. The number of carbonyl (C=O) groups is 2. The minimum atomic E-state index is -0.432. The average Bonchev–Trinajstić information content (AvgIpc) is 2.54. The maximum Gasteiger partial charge on any atom is 0.265 e. The molecule has 1 aliphatic rings. The molecule has 0 unspecified atom stereocenters. The number of hydrogen-bond donors (Lipinski definition) is 0. The van der Waals surface area contributed by atoms with Crippen molar-refractivity contribution in [3.8, 4) is 11.8 Å². The normalized spacial score (nSPS) is 14.8. The Morgan fingerprint density at radius 1 is 1.21 bits per heavy atom. The number of likely N-dealkylation sites (N-methyl/N-ethyl adjacent to an activating group) is 2. The number of nitrogens with zero attached hydrogens (tertiary/aromatic N) is 3. The summed E-state index contributed by atoms with van der Waals surface area (Å²) in [4.78, 5) is 27.2. The fraction of sp³-hybridized carbons (Fsp3) is 0.200. The van der Waals surface area contributed by atoms with E-state index >= 15 is 0 Å². The van der Waals surface area contributed by atoms with Crippen molar-refractivity contribution in [2.24, 2.45) is 0 Å². The molecule has 124 valence electrons. The van der Waals surface area contributed by atoms with Gasteiger partial charge < -0.3 is 4.74 Å². The molecule has 0 spiro atoms. The second-order valence-corrected chi connectivity index (χ2v) is 7.52. The van der Waals surface area contributed by atoms with Crippen molar-refractivity contribution in [3.05, 3.63) is 30.4 Å². The molecule has 0 aromatic heterocycles. The Kier molecular flexibility index (Phi) is 6.16. The van der Waals surface area contributed by atoms with Crippen molar-refractivity contribution >= 4 is 80.4 Å². The van der Waals surface area contributed by atoms with Crippen LogP contribution in [0.15, 0.2) is 17.7 Å². The topological polar surface area (TPSA) is 73.6 Å². The molecule has 0 N–H and O–H groups in total. The summed E-state index contributed by atoms with van der Waals surface area (Å²) in [7, 11) is 3.07. The van der Waals surface area contributed by atoms with E-state index in [9.17, 15) is 9.59 Å². The van der Waals surface area contributed by atoms with Gasteiger partial charge in [0.1, 0.15) is 17.4 Å². The minimum absolute atomic E-state index is 0.0452. The maximum atomic E-state index is 12.3. The fourth-order valence-corrected chi connectivity index (χ4v) is 4.34. The number of halogens is 2. The molecule has 24 heavy (non-hydrogen) atoms. The van der Waals surface area contributed by atoms with Crippen LogP contribution in [0.3, 0.4) is 0 Å². The van der Waals surface area contributed by atoms with Crippen molar-refractivity contribution in [3.63, 3.8) is 0 Å². The van der Waals surface area contributed by atoms with Crippen LogP contribution in [0.2, 0.25) is 0 Å². The first-order valence-electron chi connectivity index (χ1n) is 6.58. The molecule has 0 aliphatic carbocycles. The van der Waals surface area contributed by atoms with Crippen LogP contribution in [0.5, 0.6) is 5.75 Å². The highest BCUT2D eigenvalue weighted by molar-refractivity contribution is 14.1. The van der Waals surface area contributed by atoms with Gasteiger partial charge in [-0.2, -0.15) is 5.26 Å². The van der Waals surface area contributed by atoms with E-state index in [0.717, 1.165) is 7.14 Å². The summed E-state index contributed by atoms with van der Waals surface area (Å²) in [6, 6.07) is 5.50. The Hall–Kier alpha value is -1.26. The smallest absolute Gasteiger partial charge is 0.265 e.